The molecule has 0 N–H and O–H groups in total. The molecular formula is C27H26N2O4. The van der Waals surface area contributed by atoms with Gasteiger partial charge in [-0.2, -0.15) is 0 Å². The van der Waals surface area contributed by atoms with Gasteiger partial charge in [-0.25, -0.2) is 9.96 Å². The normalized spacial score (nSPS) is 22.1. The van der Waals surface area contributed by atoms with Crippen molar-refractivity contribution in [2.75, 3.05) is 16.6 Å². The monoisotopic (exact) mass is 442 g/mol. The Morgan fingerprint density at radius 1 is 0.909 bits per heavy atom. The molecule has 0 unspecified atom stereocenters. The predicted octanol–water partition coefficient (Wildman–Crippen LogP) is 4.75. The fourth-order valence-corrected chi connectivity index (χ4v) is 4.77. The van der Waals surface area contributed by atoms with Crippen molar-refractivity contribution in [3.8, 4) is 5.75 Å². The molecule has 0 radical (unpaired) electrons. The van der Waals surface area contributed by atoms with Gasteiger partial charge < -0.3 is 4.74 Å². The summed E-state index contributed by atoms with van der Waals surface area (Å²) in [4.78, 5) is 34.7. The molecular weight excluding hydrogens is 416 g/mol. The van der Waals surface area contributed by atoms with Gasteiger partial charge in [0.2, 0.25) is 5.91 Å². The molecule has 2 saturated heterocycles. The van der Waals surface area contributed by atoms with Crippen molar-refractivity contribution in [3.05, 3.63) is 89.5 Å². The Hall–Kier alpha value is -3.64. The van der Waals surface area contributed by atoms with Crippen LogP contribution in [-0.4, -0.2) is 24.5 Å². The van der Waals surface area contributed by atoms with Crippen molar-refractivity contribution < 1.29 is 19.2 Å². The second-order valence-electron chi connectivity index (χ2n) is 8.46. The number of anilines is 2. The molecule has 0 spiro atoms. The molecule has 3 aromatic rings. The van der Waals surface area contributed by atoms with E-state index >= 15 is 0 Å². The summed E-state index contributed by atoms with van der Waals surface area (Å²) in [6.07, 6.45) is -0.880. The lowest BCUT2D eigenvalue weighted by atomic mass is 9.90. The van der Waals surface area contributed by atoms with E-state index in [-0.39, 0.29) is 11.8 Å². The topological polar surface area (TPSA) is 59.1 Å². The quantitative estimate of drug-likeness (QED) is 0.534. The fraction of sp³-hybridized carbons (Fsp3) is 0.259. The third kappa shape index (κ3) is 3.56. The van der Waals surface area contributed by atoms with Gasteiger partial charge in [0.05, 0.1) is 24.0 Å². The molecule has 2 fully saturated rings. The van der Waals surface area contributed by atoms with Crippen molar-refractivity contribution >= 4 is 23.2 Å². The Balaban J connectivity index is 1.56. The van der Waals surface area contributed by atoms with Gasteiger partial charge in [0.25, 0.3) is 5.91 Å². The van der Waals surface area contributed by atoms with Gasteiger partial charge in [-0.05, 0) is 62.2 Å². The van der Waals surface area contributed by atoms with Crippen molar-refractivity contribution in [2.45, 2.75) is 32.9 Å². The highest BCUT2D eigenvalue weighted by atomic mass is 16.7. The standard InChI is InChI=1S/C27H26N2O4/c1-4-32-21-13-11-19(12-14-21)24-23-25(33-29(24)20-8-6-5-7-9-20)27(31)28(26(23)30)22-15-10-17(2)16-18(22)3/h5-16,23-25H,4H2,1-3H3/t23-,24+,25-/m0/s1. The van der Waals surface area contributed by atoms with Gasteiger partial charge in [-0.3, -0.25) is 14.4 Å². The third-order valence-corrected chi connectivity index (χ3v) is 6.25. The van der Waals surface area contributed by atoms with E-state index in [1.807, 2.05) is 93.6 Å². The number of hydrogen-bond donors (Lipinski definition) is 0. The van der Waals surface area contributed by atoms with Crippen LogP contribution in [0.3, 0.4) is 0 Å². The second kappa shape index (κ2) is 8.37. The summed E-state index contributed by atoms with van der Waals surface area (Å²) >= 11 is 0. The number of imide groups is 1. The maximum absolute atomic E-state index is 13.7. The Kier molecular flexibility index (Phi) is 5.38. The zero-order valence-corrected chi connectivity index (χ0v) is 18.9. The third-order valence-electron chi connectivity index (χ3n) is 6.25. The summed E-state index contributed by atoms with van der Waals surface area (Å²) in [6.45, 7) is 6.41. The van der Waals surface area contributed by atoms with Crippen molar-refractivity contribution in [2.24, 2.45) is 5.92 Å². The Bertz CT molecular complexity index is 1190. The second-order valence-corrected chi connectivity index (χ2v) is 8.46. The lowest BCUT2D eigenvalue weighted by molar-refractivity contribution is -0.126. The van der Waals surface area contributed by atoms with E-state index in [4.69, 9.17) is 9.57 Å². The molecule has 33 heavy (non-hydrogen) atoms. The molecule has 0 aromatic heterocycles. The van der Waals surface area contributed by atoms with Gasteiger partial charge in [0, 0.05) is 0 Å². The number of hydroxylamine groups is 1. The summed E-state index contributed by atoms with van der Waals surface area (Å²) in [6, 6.07) is 22.5. The molecule has 6 heteroatoms. The van der Waals surface area contributed by atoms with Crippen LogP contribution in [0.4, 0.5) is 11.4 Å². The zero-order chi connectivity index (χ0) is 23.1. The largest absolute Gasteiger partial charge is 0.494 e. The van der Waals surface area contributed by atoms with E-state index < -0.39 is 18.1 Å². The first-order valence-corrected chi connectivity index (χ1v) is 11.2. The number of ether oxygens (including phenoxy) is 1. The number of carbonyl (C=O) groups is 2. The van der Waals surface area contributed by atoms with Crippen LogP contribution in [0.1, 0.15) is 29.7 Å². The van der Waals surface area contributed by atoms with Crippen LogP contribution in [0.5, 0.6) is 5.75 Å². The van der Waals surface area contributed by atoms with E-state index in [2.05, 4.69) is 0 Å². The van der Waals surface area contributed by atoms with E-state index in [0.717, 1.165) is 28.1 Å². The van der Waals surface area contributed by atoms with Crippen LogP contribution in [0.25, 0.3) is 0 Å². The average molecular weight is 443 g/mol. The van der Waals surface area contributed by atoms with Crippen molar-refractivity contribution in [1.82, 2.24) is 0 Å². The summed E-state index contributed by atoms with van der Waals surface area (Å²) in [5.41, 5.74) is 4.26. The lowest BCUT2D eigenvalue weighted by Gasteiger charge is -2.29. The van der Waals surface area contributed by atoms with Crippen molar-refractivity contribution in [1.29, 1.82) is 0 Å². The smallest absolute Gasteiger partial charge is 0.266 e. The first-order chi connectivity index (χ1) is 16.0. The van der Waals surface area contributed by atoms with Crippen LogP contribution < -0.4 is 14.7 Å². The summed E-state index contributed by atoms with van der Waals surface area (Å²) < 4.78 is 5.58. The van der Waals surface area contributed by atoms with E-state index in [1.165, 1.54) is 4.90 Å². The number of rotatable bonds is 5. The summed E-state index contributed by atoms with van der Waals surface area (Å²) in [5.74, 6) is -0.467. The Labute approximate surface area is 193 Å². The molecule has 0 aliphatic carbocycles. The molecule has 3 atom stereocenters. The molecule has 3 aromatic carbocycles. The minimum atomic E-state index is -0.880. The summed E-state index contributed by atoms with van der Waals surface area (Å²) in [5, 5.41) is 1.71. The first-order valence-electron chi connectivity index (χ1n) is 11.2. The maximum atomic E-state index is 13.7. The number of para-hydroxylation sites is 1. The van der Waals surface area contributed by atoms with Crippen LogP contribution in [0, 0.1) is 19.8 Å². The van der Waals surface area contributed by atoms with Gasteiger partial charge in [0.15, 0.2) is 6.10 Å². The highest BCUT2D eigenvalue weighted by Crippen LogP contribution is 2.48. The van der Waals surface area contributed by atoms with Crippen LogP contribution in [0.2, 0.25) is 0 Å². The van der Waals surface area contributed by atoms with Crippen molar-refractivity contribution in [3.63, 3.8) is 0 Å². The minimum Gasteiger partial charge on any atom is -0.494 e. The molecule has 2 aliphatic rings. The highest BCUT2D eigenvalue weighted by Gasteiger charge is 2.60. The Morgan fingerprint density at radius 2 is 1.64 bits per heavy atom. The number of benzene rings is 3. The highest BCUT2D eigenvalue weighted by molar-refractivity contribution is 6.24. The molecule has 2 heterocycles. The number of hydrogen-bond acceptors (Lipinski definition) is 5. The number of aryl methyl sites for hydroxylation is 2. The molecule has 0 saturated carbocycles. The molecule has 2 amide bonds. The SMILES string of the molecule is CCOc1ccc([C@@H]2[C@@H]3C(=O)N(c4ccc(C)cc4C)C(=O)[C@H]3ON2c2ccccc2)cc1. The van der Waals surface area contributed by atoms with Gasteiger partial charge >= 0.3 is 0 Å². The fourth-order valence-electron chi connectivity index (χ4n) is 4.77. The number of amides is 2. The predicted molar refractivity (Wildman–Crippen MR) is 126 cm³/mol. The minimum absolute atomic E-state index is 0.241. The van der Waals surface area contributed by atoms with Gasteiger partial charge in [0.1, 0.15) is 11.7 Å². The Morgan fingerprint density at radius 3 is 2.30 bits per heavy atom. The average Bonchev–Trinajstić information content (AvgIpc) is 3.32. The van der Waals surface area contributed by atoms with Crippen LogP contribution in [0.15, 0.2) is 72.8 Å². The first kappa shape index (κ1) is 21.2. The van der Waals surface area contributed by atoms with Gasteiger partial charge in [-0.15, -0.1) is 0 Å². The molecule has 6 nitrogen and oxygen atoms in total. The molecule has 5 rings (SSSR count). The van der Waals surface area contributed by atoms with Crippen LogP contribution in [-0.2, 0) is 14.4 Å². The summed E-state index contributed by atoms with van der Waals surface area (Å²) in [7, 11) is 0. The maximum Gasteiger partial charge on any atom is 0.266 e. The molecule has 0 bridgehead atoms. The zero-order valence-electron chi connectivity index (χ0n) is 18.9. The van der Waals surface area contributed by atoms with E-state index in [9.17, 15) is 9.59 Å². The number of carbonyl (C=O) groups excluding carboxylic acids is 2. The lowest BCUT2D eigenvalue weighted by Crippen LogP contribution is -2.37. The number of fused-ring (bicyclic) bond motifs is 1. The molecule has 2 aliphatic heterocycles. The van der Waals surface area contributed by atoms with Gasteiger partial charge in [-0.1, -0.05) is 48.0 Å². The number of nitrogens with zero attached hydrogens (tertiary/aromatic N) is 2. The molecule has 168 valence electrons. The van der Waals surface area contributed by atoms with E-state index in [0.29, 0.717) is 12.3 Å². The van der Waals surface area contributed by atoms with Crippen LogP contribution >= 0.6 is 0 Å². The van der Waals surface area contributed by atoms with E-state index in [1.54, 1.807) is 5.06 Å².